The van der Waals surface area contributed by atoms with Crippen molar-refractivity contribution >= 4 is 0 Å². The molecule has 3 rings (SSSR count). The molecule has 1 atom stereocenters. The monoisotopic (exact) mass is 247 g/mol. The molecule has 4 nitrogen and oxygen atoms in total. The number of hydrogen-bond donors (Lipinski definition) is 1. The highest BCUT2D eigenvalue weighted by Crippen LogP contribution is 2.24. The normalized spacial score (nSPS) is 19.9. The fourth-order valence-corrected chi connectivity index (χ4v) is 2.18. The molecular weight excluding hydrogens is 233 g/mol. The minimum atomic E-state index is -0.265. The predicted molar refractivity (Wildman–Crippen MR) is 64.5 cm³/mol. The molecule has 1 saturated heterocycles. The molecule has 0 amide bonds. The second-order valence-electron chi connectivity index (χ2n) is 4.51. The van der Waals surface area contributed by atoms with Crippen molar-refractivity contribution in [3.63, 3.8) is 0 Å². The highest BCUT2D eigenvalue weighted by atomic mass is 19.1. The lowest BCUT2D eigenvalue weighted by Gasteiger charge is -2.18. The van der Waals surface area contributed by atoms with E-state index < -0.39 is 0 Å². The van der Waals surface area contributed by atoms with Gasteiger partial charge in [-0.05, 0) is 43.7 Å². The molecule has 1 aliphatic rings. The van der Waals surface area contributed by atoms with Gasteiger partial charge in [0.15, 0.2) is 0 Å². The van der Waals surface area contributed by atoms with Gasteiger partial charge in [-0.15, -0.1) is 0 Å². The highest BCUT2D eigenvalue weighted by Gasteiger charge is 2.21. The van der Waals surface area contributed by atoms with Crippen LogP contribution in [0.25, 0.3) is 11.4 Å². The van der Waals surface area contributed by atoms with Crippen LogP contribution < -0.4 is 5.32 Å². The maximum absolute atomic E-state index is 12.8. The Bertz CT molecular complexity index is 517. The zero-order valence-corrected chi connectivity index (χ0v) is 9.90. The Kier molecular flexibility index (Phi) is 3.06. The third-order valence-electron chi connectivity index (χ3n) is 3.19. The Hall–Kier alpha value is -1.75. The van der Waals surface area contributed by atoms with E-state index in [4.69, 9.17) is 4.52 Å². The van der Waals surface area contributed by atoms with E-state index in [0.717, 1.165) is 31.5 Å². The van der Waals surface area contributed by atoms with E-state index in [9.17, 15) is 4.39 Å². The fourth-order valence-electron chi connectivity index (χ4n) is 2.18. The number of piperidine rings is 1. The number of hydrogen-bond acceptors (Lipinski definition) is 4. The van der Waals surface area contributed by atoms with Gasteiger partial charge in [-0.25, -0.2) is 4.39 Å². The van der Waals surface area contributed by atoms with Gasteiger partial charge >= 0.3 is 0 Å². The van der Waals surface area contributed by atoms with Gasteiger partial charge in [0.25, 0.3) is 0 Å². The molecule has 1 N–H and O–H groups in total. The Balaban J connectivity index is 1.82. The first-order chi connectivity index (χ1) is 8.83. The Morgan fingerprint density at radius 2 is 2.11 bits per heavy atom. The minimum Gasteiger partial charge on any atom is -0.339 e. The number of rotatable bonds is 2. The molecule has 0 saturated carbocycles. The zero-order chi connectivity index (χ0) is 12.4. The molecule has 0 radical (unpaired) electrons. The maximum atomic E-state index is 12.8. The molecule has 2 aromatic rings. The van der Waals surface area contributed by atoms with E-state index >= 15 is 0 Å². The first kappa shape index (κ1) is 11.3. The molecule has 18 heavy (non-hydrogen) atoms. The van der Waals surface area contributed by atoms with Gasteiger partial charge in [-0.3, -0.25) is 0 Å². The van der Waals surface area contributed by atoms with Gasteiger partial charge in [0.1, 0.15) is 5.82 Å². The lowest BCUT2D eigenvalue weighted by molar-refractivity contribution is 0.322. The molecule has 1 aliphatic heterocycles. The highest BCUT2D eigenvalue weighted by molar-refractivity contribution is 5.53. The van der Waals surface area contributed by atoms with Crippen LogP contribution in [0.5, 0.6) is 0 Å². The second-order valence-corrected chi connectivity index (χ2v) is 4.51. The molecule has 2 heterocycles. The number of halogens is 1. The maximum Gasteiger partial charge on any atom is 0.231 e. The zero-order valence-electron chi connectivity index (χ0n) is 9.90. The van der Waals surface area contributed by atoms with Crippen molar-refractivity contribution < 1.29 is 8.91 Å². The summed E-state index contributed by atoms with van der Waals surface area (Å²) in [6, 6.07) is 6.10. The van der Waals surface area contributed by atoms with Crippen molar-refractivity contribution in [2.24, 2.45) is 0 Å². The Morgan fingerprint density at radius 1 is 1.28 bits per heavy atom. The summed E-state index contributed by atoms with van der Waals surface area (Å²) in [7, 11) is 0. The lowest BCUT2D eigenvalue weighted by atomic mass is 10.00. The van der Waals surface area contributed by atoms with Crippen molar-refractivity contribution in [3.8, 4) is 11.4 Å². The molecular formula is C13H14FN3O. The first-order valence-electron chi connectivity index (χ1n) is 6.13. The van der Waals surface area contributed by atoms with Crippen LogP contribution in [0.15, 0.2) is 28.8 Å². The van der Waals surface area contributed by atoms with Crippen LogP contribution in [-0.4, -0.2) is 23.2 Å². The van der Waals surface area contributed by atoms with Crippen LogP contribution in [-0.2, 0) is 0 Å². The molecule has 0 spiro atoms. The molecule has 1 aromatic carbocycles. The smallest absolute Gasteiger partial charge is 0.231 e. The van der Waals surface area contributed by atoms with Crippen LogP contribution in [0, 0.1) is 5.82 Å². The van der Waals surface area contributed by atoms with Crippen LogP contribution >= 0.6 is 0 Å². The van der Waals surface area contributed by atoms with Crippen LogP contribution in [0.4, 0.5) is 4.39 Å². The molecule has 5 heteroatoms. The number of aromatic nitrogens is 2. The van der Waals surface area contributed by atoms with Crippen LogP contribution in [0.3, 0.4) is 0 Å². The molecule has 0 aliphatic carbocycles. The Labute approximate surface area is 104 Å². The number of nitrogens with zero attached hydrogens (tertiary/aromatic N) is 2. The predicted octanol–water partition coefficient (Wildman–Crippen LogP) is 2.34. The van der Waals surface area contributed by atoms with Gasteiger partial charge in [0, 0.05) is 12.1 Å². The van der Waals surface area contributed by atoms with E-state index in [2.05, 4.69) is 15.5 Å². The third kappa shape index (κ3) is 2.26. The summed E-state index contributed by atoms with van der Waals surface area (Å²) in [5.41, 5.74) is 0.773. The summed E-state index contributed by atoms with van der Waals surface area (Å²) < 4.78 is 18.1. The number of benzene rings is 1. The summed E-state index contributed by atoms with van der Waals surface area (Å²) in [5, 5.41) is 7.27. The largest absolute Gasteiger partial charge is 0.339 e. The van der Waals surface area contributed by atoms with E-state index in [-0.39, 0.29) is 5.82 Å². The summed E-state index contributed by atoms with van der Waals surface area (Å²) in [6.07, 6.45) is 2.19. The lowest BCUT2D eigenvalue weighted by Crippen LogP contribution is -2.28. The summed E-state index contributed by atoms with van der Waals surface area (Å²) in [5.74, 6) is 1.22. The van der Waals surface area contributed by atoms with E-state index in [1.165, 1.54) is 12.1 Å². The minimum absolute atomic E-state index is 0.265. The fraction of sp³-hybridized carbons (Fsp3) is 0.385. The van der Waals surface area contributed by atoms with E-state index in [1.807, 2.05) is 0 Å². The van der Waals surface area contributed by atoms with Crippen molar-refractivity contribution in [3.05, 3.63) is 36.0 Å². The van der Waals surface area contributed by atoms with Crippen molar-refractivity contribution in [1.29, 1.82) is 0 Å². The Morgan fingerprint density at radius 3 is 2.83 bits per heavy atom. The van der Waals surface area contributed by atoms with Crippen molar-refractivity contribution in [2.45, 2.75) is 18.8 Å². The van der Waals surface area contributed by atoms with Crippen molar-refractivity contribution in [1.82, 2.24) is 15.5 Å². The average molecular weight is 247 g/mol. The molecule has 1 aromatic heterocycles. The third-order valence-corrected chi connectivity index (χ3v) is 3.19. The molecule has 0 bridgehead atoms. The van der Waals surface area contributed by atoms with Gasteiger partial charge in [0.05, 0.1) is 5.92 Å². The van der Waals surface area contributed by atoms with Gasteiger partial charge in [-0.2, -0.15) is 4.98 Å². The molecule has 1 unspecified atom stereocenters. The van der Waals surface area contributed by atoms with Gasteiger partial charge in [0.2, 0.25) is 11.7 Å². The first-order valence-corrected chi connectivity index (χ1v) is 6.13. The number of nitrogens with one attached hydrogen (secondary N) is 1. The SMILES string of the molecule is Fc1ccc(-c2noc(C3CCCNC3)n2)cc1. The van der Waals surface area contributed by atoms with Crippen LogP contribution in [0.2, 0.25) is 0 Å². The summed E-state index contributed by atoms with van der Waals surface area (Å²) in [4.78, 5) is 4.39. The topological polar surface area (TPSA) is 51.0 Å². The van der Waals surface area contributed by atoms with E-state index in [1.54, 1.807) is 12.1 Å². The summed E-state index contributed by atoms with van der Waals surface area (Å²) in [6.45, 7) is 1.93. The van der Waals surface area contributed by atoms with Crippen LogP contribution in [0.1, 0.15) is 24.7 Å². The second kappa shape index (κ2) is 4.86. The quantitative estimate of drug-likeness (QED) is 0.885. The summed E-state index contributed by atoms with van der Waals surface area (Å²) >= 11 is 0. The molecule has 94 valence electrons. The van der Waals surface area contributed by atoms with Gasteiger partial charge < -0.3 is 9.84 Å². The average Bonchev–Trinajstić information content (AvgIpc) is 2.90. The van der Waals surface area contributed by atoms with Crippen molar-refractivity contribution in [2.75, 3.05) is 13.1 Å². The standard InChI is InChI=1S/C13H14FN3O/c14-11-5-3-9(4-6-11)12-16-13(18-17-12)10-2-1-7-15-8-10/h3-6,10,15H,1-2,7-8H2. The van der Waals surface area contributed by atoms with Gasteiger partial charge in [-0.1, -0.05) is 5.16 Å². The molecule has 1 fully saturated rings. The van der Waals surface area contributed by atoms with E-state index in [0.29, 0.717) is 17.6 Å².